The Morgan fingerprint density at radius 3 is 2.85 bits per heavy atom. The zero-order valence-electron chi connectivity index (χ0n) is 12.3. The molecule has 1 N–H and O–H groups in total. The van der Waals surface area contributed by atoms with Crippen molar-refractivity contribution in [3.05, 3.63) is 42.1 Å². The van der Waals surface area contributed by atoms with Gasteiger partial charge in [-0.25, -0.2) is 9.97 Å². The van der Waals surface area contributed by atoms with Crippen LogP contribution in [-0.4, -0.2) is 27.2 Å². The maximum atomic E-state index is 5.70. The van der Waals surface area contributed by atoms with E-state index in [-0.39, 0.29) is 6.10 Å². The van der Waals surface area contributed by atoms with Gasteiger partial charge in [-0.2, -0.15) is 0 Å². The van der Waals surface area contributed by atoms with Gasteiger partial charge in [-0.3, -0.25) is 0 Å². The van der Waals surface area contributed by atoms with Crippen molar-refractivity contribution in [1.29, 1.82) is 0 Å². The minimum Gasteiger partial charge on any atom is -0.475 e. The van der Waals surface area contributed by atoms with E-state index in [0.29, 0.717) is 5.88 Å². The van der Waals surface area contributed by atoms with E-state index in [2.05, 4.69) is 15.3 Å². The number of nitrogens with one attached hydrogen (secondary N) is 1. The van der Waals surface area contributed by atoms with Crippen molar-refractivity contribution in [1.82, 2.24) is 19.9 Å². The monoisotopic (exact) mass is 274 g/mol. The number of aromatic nitrogens is 3. The molecule has 5 heteroatoms. The molecule has 0 amide bonds. The molecule has 0 aromatic carbocycles. The molecule has 0 unspecified atom stereocenters. The van der Waals surface area contributed by atoms with E-state index in [1.807, 2.05) is 50.0 Å². The quantitative estimate of drug-likeness (QED) is 0.784. The number of hydrogen-bond acceptors (Lipinski definition) is 4. The SMILES string of the molecule is CC(C)Oc1ncccc1CNCCc1nccn1C. The zero-order valence-corrected chi connectivity index (χ0v) is 12.3. The lowest BCUT2D eigenvalue weighted by atomic mass is 10.2. The van der Waals surface area contributed by atoms with Crippen LogP contribution in [0.4, 0.5) is 0 Å². The van der Waals surface area contributed by atoms with Crippen LogP contribution >= 0.6 is 0 Å². The summed E-state index contributed by atoms with van der Waals surface area (Å²) in [4.78, 5) is 8.59. The van der Waals surface area contributed by atoms with Crippen molar-refractivity contribution in [3.63, 3.8) is 0 Å². The summed E-state index contributed by atoms with van der Waals surface area (Å²) in [6.45, 7) is 5.64. The fourth-order valence-corrected chi connectivity index (χ4v) is 1.95. The second kappa shape index (κ2) is 7.05. The standard InChI is InChI=1S/C15H22N4O/c1-12(2)20-15-13(5-4-7-18-15)11-16-8-6-14-17-9-10-19(14)3/h4-5,7,9-10,12,16H,6,8,11H2,1-3H3. The fraction of sp³-hybridized carbons (Fsp3) is 0.467. The molecule has 0 fully saturated rings. The van der Waals surface area contributed by atoms with Crippen molar-refractivity contribution in [2.75, 3.05) is 6.54 Å². The highest BCUT2D eigenvalue weighted by molar-refractivity contribution is 5.25. The summed E-state index contributed by atoms with van der Waals surface area (Å²) in [5.74, 6) is 1.80. The molecule has 0 atom stereocenters. The van der Waals surface area contributed by atoms with Crippen molar-refractivity contribution in [2.45, 2.75) is 32.9 Å². The van der Waals surface area contributed by atoms with E-state index < -0.39 is 0 Å². The Bertz CT molecular complexity index is 536. The van der Waals surface area contributed by atoms with Crippen LogP contribution in [0.3, 0.4) is 0 Å². The normalized spacial score (nSPS) is 11.0. The molecule has 20 heavy (non-hydrogen) atoms. The molecule has 2 aromatic heterocycles. The van der Waals surface area contributed by atoms with Crippen LogP contribution in [0.25, 0.3) is 0 Å². The van der Waals surface area contributed by atoms with Gasteiger partial charge >= 0.3 is 0 Å². The third kappa shape index (κ3) is 4.06. The number of rotatable bonds is 7. The number of nitrogens with zero attached hydrogens (tertiary/aromatic N) is 3. The van der Waals surface area contributed by atoms with Gasteiger partial charge in [-0.1, -0.05) is 6.07 Å². The molecule has 0 radical (unpaired) electrons. The van der Waals surface area contributed by atoms with E-state index in [0.717, 1.165) is 30.9 Å². The summed E-state index contributed by atoms with van der Waals surface area (Å²) < 4.78 is 7.74. The molecule has 2 aromatic rings. The first kappa shape index (κ1) is 14.5. The Kier molecular flexibility index (Phi) is 5.12. The average molecular weight is 274 g/mol. The van der Waals surface area contributed by atoms with Crippen molar-refractivity contribution >= 4 is 0 Å². The summed E-state index contributed by atoms with van der Waals surface area (Å²) in [7, 11) is 2.01. The molecule has 0 saturated carbocycles. The third-order valence-corrected chi connectivity index (χ3v) is 2.96. The predicted octanol–water partition coefficient (Wildman–Crippen LogP) is 1.93. The Morgan fingerprint density at radius 2 is 2.15 bits per heavy atom. The Hall–Kier alpha value is -1.88. The molecule has 2 heterocycles. The van der Waals surface area contributed by atoms with Crippen molar-refractivity contribution in [2.24, 2.45) is 7.05 Å². The Morgan fingerprint density at radius 1 is 1.30 bits per heavy atom. The van der Waals surface area contributed by atoms with Gasteiger partial charge in [0.1, 0.15) is 5.82 Å². The molecule has 0 spiro atoms. The van der Waals surface area contributed by atoms with Gasteiger partial charge in [-0.15, -0.1) is 0 Å². The van der Waals surface area contributed by atoms with Gasteiger partial charge in [0, 0.05) is 50.7 Å². The van der Waals surface area contributed by atoms with Crippen LogP contribution in [0.2, 0.25) is 0 Å². The average Bonchev–Trinajstić information content (AvgIpc) is 2.81. The summed E-state index contributed by atoms with van der Waals surface area (Å²) >= 11 is 0. The predicted molar refractivity (Wildman–Crippen MR) is 78.6 cm³/mol. The highest BCUT2D eigenvalue weighted by Crippen LogP contribution is 2.15. The molecule has 5 nitrogen and oxygen atoms in total. The fourth-order valence-electron chi connectivity index (χ4n) is 1.95. The summed E-state index contributed by atoms with van der Waals surface area (Å²) in [6, 6.07) is 3.97. The maximum Gasteiger partial charge on any atom is 0.218 e. The van der Waals surface area contributed by atoms with Crippen LogP contribution in [0.15, 0.2) is 30.7 Å². The van der Waals surface area contributed by atoms with E-state index in [1.165, 1.54) is 0 Å². The number of imidazole rings is 1. The van der Waals surface area contributed by atoms with Crippen LogP contribution in [0.1, 0.15) is 25.2 Å². The number of ether oxygens (including phenoxy) is 1. The summed E-state index contributed by atoms with van der Waals surface area (Å²) in [6.07, 6.45) is 6.59. The maximum absolute atomic E-state index is 5.70. The van der Waals surface area contributed by atoms with Gasteiger partial charge in [0.25, 0.3) is 0 Å². The molecular weight excluding hydrogens is 252 g/mol. The largest absolute Gasteiger partial charge is 0.475 e. The number of hydrogen-bond donors (Lipinski definition) is 1. The van der Waals surface area contributed by atoms with Gasteiger partial charge in [0.2, 0.25) is 5.88 Å². The van der Waals surface area contributed by atoms with Gasteiger partial charge < -0.3 is 14.6 Å². The number of pyridine rings is 1. The highest BCUT2D eigenvalue weighted by Gasteiger charge is 2.06. The lowest BCUT2D eigenvalue weighted by molar-refractivity contribution is 0.229. The Balaban J connectivity index is 1.83. The topological polar surface area (TPSA) is 52.0 Å². The van der Waals surface area contributed by atoms with E-state index in [1.54, 1.807) is 6.20 Å². The van der Waals surface area contributed by atoms with E-state index in [9.17, 15) is 0 Å². The molecule has 2 rings (SSSR count). The summed E-state index contributed by atoms with van der Waals surface area (Å²) in [5.41, 5.74) is 1.08. The first-order valence-corrected chi connectivity index (χ1v) is 6.94. The minimum absolute atomic E-state index is 0.135. The second-order valence-corrected chi connectivity index (χ2v) is 5.02. The smallest absolute Gasteiger partial charge is 0.218 e. The molecule has 0 saturated heterocycles. The van der Waals surface area contributed by atoms with Crippen molar-refractivity contribution in [3.8, 4) is 5.88 Å². The van der Waals surface area contributed by atoms with Crippen LogP contribution in [0.5, 0.6) is 5.88 Å². The van der Waals surface area contributed by atoms with Crippen LogP contribution in [-0.2, 0) is 20.0 Å². The zero-order chi connectivity index (χ0) is 14.4. The first-order valence-electron chi connectivity index (χ1n) is 6.94. The summed E-state index contributed by atoms with van der Waals surface area (Å²) in [5, 5.41) is 3.41. The third-order valence-electron chi connectivity index (χ3n) is 2.96. The molecule has 108 valence electrons. The lowest BCUT2D eigenvalue weighted by Gasteiger charge is -2.13. The van der Waals surface area contributed by atoms with Crippen molar-refractivity contribution < 1.29 is 4.74 Å². The number of aryl methyl sites for hydroxylation is 1. The molecule has 0 aliphatic rings. The highest BCUT2D eigenvalue weighted by atomic mass is 16.5. The van der Waals surface area contributed by atoms with E-state index in [4.69, 9.17) is 4.74 Å². The molecule has 0 aliphatic heterocycles. The molecular formula is C15H22N4O. The van der Waals surface area contributed by atoms with Gasteiger partial charge in [0.15, 0.2) is 0 Å². The van der Waals surface area contributed by atoms with Gasteiger partial charge in [0.05, 0.1) is 6.10 Å². The first-order chi connectivity index (χ1) is 9.66. The Labute approximate surface area is 120 Å². The van der Waals surface area contributed by atoms with Gasteiger partial charge in [-0.05, 0) is 19.9 Å². The second-order valence-electron chi connectivity index (χ2n) is 5.02. The lowest BCUT2D eigenvalue weighted by Crippen LogP contribution is -2.19. The minimum atomic E-state index is 0.135. The van der Waals surface area contributed by atoms with Crippen LogP contribution in [0, 0.1) is 0 Å². The molecule has 0 aliphatic carbocycles. The molecule has 0 bridgehead atoms. The van der Waals surface area contributed by atoms with E-state index >= 15 is 0 Å². The van der Waals surface area contributed by atoms with Crippen LogP contribution < -0.4 is 10.1 Å².